The lowest BCUT2D eigenvalue weighted by atomic mass is 10.1. The molecule has 1 fully saturated rings. The first-order valence-electron chi connectivity index (χ1n) is 7.15. The van der Waals surface area contributed by atoms with Crippen molar-refractivity contribution in [3.05, 3.63) is 0 Å². The molecule has 0 radical (unpaired) electrons. The van der Waals surface area contributed by atoms with Gasteiger partial charge in [-0.05, 0) is 46.7 Å². The van der Waals surface area contributed by atoms with Gasteiger partial charge in [0, 0.05) is 17.3 Å². The molecule has 6 heteroatoms. The molecule has 1 aliphatic rings. The molecule has 0 aromatic carbocycles. The maximum atomic E-state index is 12.3. The monoisotopic (exact) mass is 302 g/mol. The van der Waals surface area contributed by atoms with Gasteiger partial charge >= 0.3 is 5.97 Å². The first-order valence-corrected chi connectivity index (χ1v) is 8.20. The minimum Gasteiger partial charge on any atom is -0.481 e. The fourth-order valence-electron chi connectivity index (χ4n) is 2.27. The molecule has 0 bridgehead atoms. The third-order valence-electron chi connectivity index (χ3n) is 3.39. The van der Waals surface area contributed by atoms with E-state index in [1.165, 1.54) is 0 Å². The molecule has 5 nitrogen and oxygen atoms in total. The fraction of sp³-hybridized carbons (Fsp3) is 0.857. The lowest BCUT2D eigenvalue weighted by molar-refractivity contribution is -0.139. The van der Waals surface area contributed by atoms with Crippen LogP contribution in [0.3, 0.4) is 0 Å². The maximum absolute atomic E-state index is 12.3. The largest absolute Gasteiger partial charge is 0.481 e. The smallest absolute Gasteiger partial charge is 0.305 e. The molecule has 2 N–H and O–H groups in total. The molecule has 0 aromatic heterocycles. The van der Waals surface area contributed by atoms with Gasteiger partial charge in [0.25, 0.3) is 0 Å². The van der Waals surface area contributed by atoms with Gasteiger partial charge in [0.2, 0.25) is 5.91 Å². The summed E-state index contributed by atoms with van der Waals surface area (Å²) in [6.07, 6.45) is 2.20. The van der Waals surface area contributed by atoms with Crippen LogP contribution in [-0.2, 0) is 9.59 Å². The highest BCUT2D eigenvalue weighted by Gasteiger charge is 2.27. The Hall–Kier alpha value is -0.750. The molecule has 20 heavy (non-hydrogen) atoms. The number of thioether (sulfide) groups is 1. The number of carbonyl (C=O) groups excluding carboxylic acids is 1. The van der Waals surface area contributed by atoms with Gasteiger partial charge in [-0.2, -0.15) is 0 Å². The normalized spacial score (nSPS) is 16.9. The van der Waals surface area contributed by atoms with Crippen LogP contribution in [0.15, 0.2) is 0 Å². The topological polar surface area (TPSA) is 69.6 Å². The minimum atomic E-state index is -0.863. The van der Waals surface area contributed by atoms with Crippen molar-refractivity contribution < 1.29 is 14.7 Å². The number of nitrogens with zero attached hydrogens (tertiary/aromatic N) is 1. The van der Waals surface area contributed by atoms with Gasteiger partial charge in [-0.15, -0.1) is 11.8 Å². The van der Waals surface area contributed by atoms with Crippen molar-refractivity contribution in [1.82, 2.24) is 10.2 Å². The van der Waals surface area contributed by atoms with E-state index in [0.717, 1.165) is 25.9 Å². The van der Waals surface area contributed by atoms with Crippen LogP contribution in [0, 0.1) is 0 Å². The minimum absolute atomic E-state index is 0.00102. The summed E-state index contributed by atoms with van der Waals surface area (Å²) in [7, 11) is 0. The summed E-state index contributed by atoms with van der Waals surface area (Å²) in [5, 5.41) is 12.6. The van der Waals surface area contributed by atoms with Crippen LogP contribution in [0.4, 0.5) is 0 Å². The number of amides is 1. The molecule has 0 aromatic rings. The second-order valence-corrected chi connectivity index (χ2v) is 7.41. The van der Waals surface area contributed by atoms with Gasteiger partial charge in [0.1, 0.15) is 0 Å². The lowest BCUT2D eigenvalue weighted by Crippen LogP contribution is -2.47. The predicted octanol–water partition coefficient (Wildman–Crippen LogP) is 1.57. The maximum Gasteiger partial charge on any atom is 0.305 e. The number of nitrogens with one attached hydrogen (secondary N) is 1. The number of carbonyl (C=O) groups is 2. The summed E-state index contributed by atoms with van der Waals surface area (Å²) in [6.45, 7) is 8.16. The van der Waals surface area contributed by atoms with E-state index in [1.54, 1.807) is 16.7 Å². The van der Waals surface area contributed by atoms with Gasteiger partial charge < -0.3 is 15.3 Å². The Labute approximate surface area is 125 Å². The van der Waals surface area contributed by atoms with Crippen LogP contribution in [0.5, 0.6) is 0 Å². The molecule has 0 spiro atoms. The molecule has 0 saturated carbocycles. The number of rotatable bonds is 6. The van der Waals surface area contributed by atoms with Gasteiger partial charge in [-0.1, -0.05) is 0 Å². The standard InChI is InChI=1S/C14H26N2O3S/c1-14(2,3)16(9-6-13(18)19)12(17)10-20-11-4-7-15-8-5-11/h11,15H,4-10H2,1-3H3,(H,18,19). The zero-order valence-electron chi connectivity index (χ0n) is 12.6. The van der Waals surface area contributed by atoms with E-state index in [1.807, 2.05) is 20.8 Å². The molecule has 0 unspecified atom stereocenters. The molecular weight excluding hydrogens is 276 g/mol. The van der Waals surface area contributed by atoms with Crippen molar-refractivity contribution in [2.45, 2.75) is 50.8 Å². The fourth-order valence-corrected chi connectivity index (χ4v) is 3.37. The van der Waals surface area contributed by atoms with Crippen molar-refractivity contribution in [2.24, 2.45) is 0 Å². The van der Waals surface area contributed by atoms with Gasteiger partial charge in [-0.25, -0.2) is 0 Å². The third kappa shape index (κ3) is 6.13. The number of hydrogen-bond donors (Lipinski definition) is 2. The van der Waals surface area contributed by atoms with Crippen LogP contribution in [-0.4, -0.2) is 58.1 Å². The van der Waals surface area contributed by atoms with E-state index in [0.29, 0.717) is 11.0 Å². The number of carboxylic acid groups (broad SMARTS) is 1. The first kappa shape index (κ1) is 17.3. The van der Waals surface area contributed by atoms with Crippen molar-refractivity contribution >= 4 is 23.6 Å². The lowest BCUT2D eigenvalue weighted by Gasteiger charge is -2.36. The Morgan fingerprint density at radius 1 is 1.30 bits per heavy atom. The Kier molecular flexibility index (Phi) is 6.82. The number of piperidine rings is 1. The van der Waals surface area contributed by atoms with E-state index in [2.05, 4.69) is 5.32 Å². The van der Waals surface area contributed by atoms with Gasteiger partial charge in [-0.3, -0.25) is 9.59 Å². The molecule has 1 rings (SSSR count). The quantitative estimate of drug-likeness (QED) is 0.779. The molecule has 1 amide bonds. The van der Waals surface area contributed by atoms with E-state index in [4.69, 9.17) is 5.11 Å². The van der Waals surface area contributed by atoms with E-state index in [-0.39, 0.29) is 24.4 Å². The van der Waals surface area contributed by atoms with Crippen molar-refractivity contribution in [2.75, 3.05) is 25.4 Å². The van der Waals surface area contributed by atoms with Crippen LogP contribution in [0.2, 0.25) is 0 Å². The van der Waals surface area contributed by atoms with Gasteiger partial charge in [0.05, 0.1) is 12.2 Å². The molecule has 1 saturated heterocycles. The Morgan fingerprint density at radius 2 is 1.90 bits per heavy atom. The van der Waals surface area contributed by atoms with Crippen molar-refractivity contribution in [3.63, 3.8) is 0 Å². The van der Waals surface area contributed by atoms with Crippen LogP contribution < -0.4 is 5.32 Å². The summed E-state index contributed by atoms with van der Waals surface area (Å²) in [6, 6.07) is 0. The van der Waals surface area contributed by atoms with Crippen molar-refractivity contribution in [1.29, 1.82) is 0 Å². The predicted molar refractivity (Wildman–Crippen MR) is 82.1 cm³/mol. The summed E-state index contributed by atoms with van der Waals surface area (Å²) < 4.78 is 0. The number of hydrogen-bond acceptors (Lipinski definition) is 4. The number of aliphatic carboxylic acids is 1. The molecule has 1 heterocycles. The molecule has 116 valence electrons. The Morgan fingerprint density at radius 3 is 2.40 bits per heavy atom. The van der Waals surface area contributed by atoms with Crippen LogP contribution >= 0.6 is 11.8 Å². The molecular formula is C14H26N2O3S. The Bertz CT molecular complexity index is 336. The number of carboxylic acids is 1. The summed E-state index contributed by atoms with van der Waals surface area (Å²) in [5.74, 6) is -0.373. The molecule has 0 aliphatic carbocycles. The van der Waals surface area contributed by atoms with E-state index >= 15 is 0 Å². The summed E-state index contributed by atoms with van der Waals surface area (Å²) >= 11 is 1.71. The van der Waals surface area contributed by atoms with Crippen LogP contribution in [0.25, 0.3) is 0 Å². The van der Waals surface area contributed by atoms with E-state index in [9.17, 15) is 9.59 Å². The SMILES string of the molecule is CC(C)(C)N(CCC(=O)O)C(=O)CSC1CCNCC1. The zero-order chi connectivity index (χ0) is 15.2. The molecule has 1 aliphatic heterocycles. The zero-order valence-corrected chi connectivity index (χ0v) is 13.5. The summed E-state index contributed by atoms with van der Waals surface area (Å²) in [4.78, 5) is 24.7. The van der Waals surface area contributed by atoms with Crippen LogP contribution in [0.1, 0.15) is 40.0 Å². The third-order valence-corrected chi connectivity index (χ3v) is 4.75. The highest BCUT2D eigenvalue weighted by Crippen LogP contribution is 2.22. The van der Waals surface area contributed by atoms with E-state index < -0.39 is 5.97 Å². The average Bonchev–Trinajstić information content (AvgIpc) is 2.35. The first-order chi connectivity index (χ1) is 9.30. The summed E-state index contributed by atoms with van der Waals surface area (Å²) in [5.41, 5.74) is -0.332. The highest BCUT2D eigenvalue weighted by molar-refractivity contribution is 8.00. The highest BCUT2D eigenvalue weighted by atomic mass is 32.2. The second kappa shape index (κ2) is 7.88. The second-order valence-electron chi connectivity index (χ2n) is 6.12. The van der Waals surface area contributed by atoms with Crippen molar-refractivity contribution in [3.8, 4) is 0 Å². The average molecular weight is 302 g/mol. The molecule has 0 atom stereocenters. The Balaban J connectivity index is 2.47. The van der Waals surface area contributed by atoms with Gasteiger partial charge in [0.15, 0.2) is 0 Å².